The van der Waals surface area contributed by atoms with Crippen molar-refractivity contribution in [1.29, 1.82) is 0 Å². The van der Waals surface area contributed by atoms with Crippen LogP contribution in [0.1, 0.15) is 42.6 Å². The van der Waals surface area contributed by atoms with E-state index in [1.54, 1.807) is 0 Å². The summed E-state index contributed by atoms with van der Waals surface area (Å²) in [6, 6.07) is 0. The van der Waals surface area contributed by atoms with Gasteiger partial charge in [-0.25, -0.2) is 4.79 Å². The smallest absolute Gasteiger partial charge is 0.358 e. The van der Waals surface area contributed by atoms with E-state index < -0.39 is 5.97 Å². The second kappa shape index (κ2) is 6.81. The molecule has 1 aliphatic carbocycles. The van der Waals surface area contributed by atoms with Crippen molar-refractivity contribution < 1.29 is 15.0 Å². The minimum atomic E-state index is -1.06. The van der Waals surface area contributed by atoms with E-state index in [9.17, 15) is 9.90 Å². The van der Waals surface area contributed by atoms with Gasteiger partial charge >= 0.3 is 5.97 Å². The number of carboxylic acid groups (broad SMARTS) is 1. The minimum Gasteiger partial charge on any atom is -0.476 e. The molecule has 0 bridgehead atoms. The number of nitrogens with zero attached hydrogens (tertiary/aromatic N) is 3. The van der Waals surface area contributed by atoms with Gasteiger partial charge in [-0.3, -0.25) is 4.68 Å². The molecule has 0 atom stereocenters. The largest absolute Gasteiger partial charge is 0.476 e. The number of hydrogen-bond acceptors (Lipinski definition) is 5. The zero-order chi connectivity index (χ0) is 14.4. The van der Waals surface area contributed by atoms with Crippen LogP contribution in [0.4, 0.5) is 0 Å². The van der Waals surface area contributed by atoms with Crippen molar-refractivity contribution in [3.8, 4) is 0 Å². The lowest BCUT2D eigenvalue weighted by Crippen LogP contribution is -2.40. The van der Waals surface area contributed by atoms with E-state index in [0.717, 1.165) is 19.4 Å². The fourth-order valence-corrected chi connectivity index (χ4v) is 2.75. The Hall–Kier alpha value is -1.47. The molecule has 1 fully saturated rings. The summed E-state index contributed by atoms with van der Waals surface area (Å²) in [7, 11) is 0. The van der Waals surface area contributed by atoms with Crippen LogP contribution in [0, 0.1) is 5.41 Å². The molecule has 7 heteroatoms. The van der Waals surface area contributed by atoms with Crippen molar-refractivity contribution in [2.75, 3.05) is 19.7 Å². The van der Waals surface area contributed by atoms with Crippen molar-refractivity contribution in [1.82, 2.24) is 20.3 Å². The van der Waals surface area contributed by atoms with E-state index >= 15 is 0 Å². The Balaban J connectivity index is 1.73. The molecule has 0 unspecified atom stereocenters. The Bertz CT molecular complexity index is 441. The van der Waals surface area contributed by atoms with Gasteiger partial charge in [0.15, 0.2) is 5.69 Å². The van der Waals surface area contributed by atoms with Crippen molar-refractivity contribution in [2.45, 2.75) is 38.6 Å². The van der Waals surface area contributed by atoms with E-state index in [-0.39, 0.29) is 17.7 Å². The molecule has 1 aromatic rings. The normalized spacial score (nSPS) is 18.1. The fraction of sp³-hybridized carbons (Fsp3) is 0.769. The lowest BCUT2D eigenvalue weighted by atomic mass is 9.74. The molecule has 0 aliphatic heterocycles. The van der Waals surface area contributed by atoms with Crippen molar-refractivity contribution >= 4 is 5.97 Å². The number of aliphatic hydroxyl groups is 1. The molecule has 1 aliphatic rings. The zero-order valence-electron chi connectivity index (χ0n) is 11.6. The average Bonchev–Trinajstić information content (AvgIpc) is 2.94. The third-order valence-electron chi connectivity index (χ3n) is 4.03. The second-order valence-electron chi connectivity index (χ2n) is 5.57. The van der Waals surface area contributed by atoms with Crippen LogP contribution in [-0.4, -0.2) is 50.9 Å². The number of rotatable bonds is 7. The van der Waals surface area contributed by atoms with E-state index in [0.29, 0.717) is 13.1 Å². The Kier molecular flexibility index (Phi) is 5.08. The topological polar surface area (TPSA) is 100 Å². The fourth-order valence-electron chi connectivity index (χ4n) is 2.75. The molecular weight excluding hydrogens is 260 g/mol. The summed E-state index contributed by atoms with van der Waals surface area (Å²) < 4.78 is 1.52. The van der Waals surface area contributed by atoms with E-state index in [2.05, 4.69) is 15.6 Å². The van der Waals surface area contributed by atoms with Gasteiger partial charge < -0.3 is 15.5 Å². The number of aliphatic hydroxyl groups excluding tert-OH is 1. The van der Waals surface area contributed by atoms with Gasteiger partial charge in [0.1, 0.15) is 0 Å². The Morgan fingerprint density at radius 2 is 2.15 bits per heavy atom. The molecular formula is C13H22N4O3. The third-order valence-corrected chi connectivity index (χ3v) is 4.03. The first-order valence-electron chi connectivity index (χ1n) is 7.10. The van der Waals surface area contributed by atoms with Crippen molar-refractivity contribution in [3.05, 3.63) is 11.9 Å². The van der Waals surface area contributed by atoms with Gasteiger partial charge in [0, 0.05) is 25.1 Å². The third kappa shape index (κ3) is 3.77. The minimum absolute atomic E-state index is 0.0207. The summed E-state index contributed by atoms with van der Waals surface area (Å²) in [5.74, 6) is -1.06. The van der Waals surface area contributed by atoms with Gasteiger partial charge in [-0.15, -0.1) is 5.10 Å². The van der Waals surface area contributed by atoms with Gasteiger partial charge in [0.05, 0.1) is 12.7 Å². The van der Waals surface area contributed by atoms with E-state index in [1.807, 2.05) is 0 Å². The number of aromatic nitrogens is 3. The lowest BCUT2D eigenvalue weighted by molar-refractivity contribution is 0.0690. The molecule has 3 N–H and O–H groups in total. The van der Waals surface area contributed by atoms with Crippen LogP contribution < -0.4 is 5.32 Å². The van der Waals surface area contributed by atoms with Gasteiger partial charge in [0.2, 0.25) is 0 Å². The number of carboxylic acids is 1. The van der Waals surface area contributed by atoms with Crippen molar-refractivity contribution in [2.24, 2.45) is 5.41 Å². The van der Waals surface area contributed by atoms with Crippen molar-refractivity contribution in [3.63, 3.8) is 0 Å². The summed E-state index contributed by atoms with van der Waals surface area (Å²) in [4.78, 5) is 10.7. The molecule has 2 rings (SSSR count). The van der Waals surface area contributed by atoms with Gasteiger partial charge in [-0.05, 0) is 12.8 Å². The molecule has 0 radical (unpaired) electrons. The quantitative estimate of drug-likeness (QED) is 0.630. The Labute approximate surface area is 118 Å². The summed E-state index contributed by atoms with van der Waals surface area (Å²) in [5, 5.41) is 29.0. The van der Waals surface area contributed by atoms with Crippen LogP contribution in [0.15, 0.2) is 6.20 Å². The molecule has 1 saturated carbocycles. The molecule has 0 aromatic carbocycles. The monoisotopic (exact) mass is 282 g/mol. The van der Waals surface area contributed by atoms with Crippen LogP contribution in [0.2, 0.25) is 0 Å². The first kappa shape index (κ1) is 14.9. The molecule has 112 valence electrons. The predicted octanol–water partition coefficient (Wildman–Crippen LogP) is 0.509. The standard InChI is InChI=1S/C13H22N4O3/c18-10-13(4-2-1-3-5-13)9-14-6-7-17-8-11(12(19)20)15-16-17/h8,14,18H,1-7,9-10H2,(H,19,20). The highest BCUT2D eigenvalue weighted by Crippen LogP contribution is 2.35. The molecule has 20 heavy (non-hydrogen) atoms. The SMILES string of the molecule is O=C(O)c1cn(CCNCC2(CO)CCCCC2)nn1. The van der Waals surface area contributed by atoms with E-state index in [1.165, 1.54) is 30.1 Å². The number of nitrogens with one attached hydrogen (secondary N) is 1. The van der Waals surface area contributed by atoms with Crippen LogP contribution in [-0.2, 0) is 6.54 Å². The summed E-state index contributed by atoms with van der Waals surface area (Å²) in [6.07, 6.45) is 7.21. The Morgan fingerprint density at radius 3 is 2.75 bits per heavy atom. The van der Waals surface area contributed by atoms with Gasteiger partial charge in [0.25, 0.3) is 0 Å². The van der Waals surface area contributed by atoms with Gasteiger partial charge in [-0.1, -0.05) is 24.5 Å². The van der Waals surface area contributed by atoms with Crippen LogP contribution in [0.5, 0.6) is 0 Å². The highest BCUT2D eigenvalue weighted by atomic mass is 16.4. The maximum atomic E-state index is 10.7. The van der Waals surface area contributed by atoms with Crippen LogP contribution in [0.25, 0.3) is 0 Å². The Morgan fingerprint density at radius 1 is 1.40 bits per heavy atom. The van der Waals surface area contributed by atoms with Gasteiger partial charge in [-0.2, -0.15) is 0 Å². The molecule has 1 heterocycles. The molecule has 0 saturated heterocycles. The maximum Gasteiger partial charge on any atom is 0.358 e. The van der Waals surface area contributed by atoms with Crippen LogP contribution in [0.3, 0.4) is 0 Å². The molecule has 0 amide bonds. The highest BCUT2D eigenvalue weighted by molar-refractivity contribution is 5.84. The highest BCUT2D eigenvalue weighted by Gasteiger charge is 2.30. The average molecular weight is 282 g/mol. The first-order valence-corrected chi connectivity index (χ1v) is 7.10. The van der Waals surface area contributed by atoms with E-state index in [4.69, 9.17) is 5.11 Å². The van der Waals surface area contributed by atoms with Crippen LogP contribution >= 0.6 is 0 Å². The molecule has 0 spiro atoms. The maximum absolute atomic E-state index is 10.7. The second-order valence-corrected chi connectivity index (χ2v) is 5.57. The summed E-state index contributed by atoms with van der Waals surface area (Å²) in [5.41, 5.74) is -0.0172. The number of aromatic carboxylic acids is 1. The number of hydrogen-bond donors (Lipinski definition) is 3. The molecule has 1 aromatic heterocycles. The lowest BCUT2D eigenvalue weighted by Gasteiger charge is -2.35. The molecule has 7 nitrogen and oxygen atoms in total. The predicted molar refractivity (Wildman–Crippen MR) is 72.5 cm³/mol. The summed E-state index contributed by atoms with van der Waals surface area (Å²) in [6.45, 7) is 2.28. The number of carbonyl (C=O) groups is 1. The zero-order valence-corrected chi connectivity index (χ0v) is 11.6. The first-order chi connectivity index (χ1) is 9.65. The summed E-state index contributed by atoms with van der Waals surface area (Å²) >= 11 is 0.